The van der Waals surface area contributed by atoms with Crippen molar-refractivity contribution < 1.29 is 29.1 Å². The van der Waals surface area contributed by atoms with Gasteiger partial charge in [-0.05, 0) is 77.5 Å². The Morgan fingerprint density at radius 2 is 1.84 bits per heavy atom. The van der Waals surface area contributed by atoms with Crippen molar-refractivity contribution in [2.24, 2.45) is 4.99 Å². The SMILES string of the molecule is COc1cc(/C=C2\SC(=Nc3ccc(C(=O)O)cc3)N(C)C2=O)c(Br)cc1OCc1ccc([N+](=O)[O-])cc1. The number of hydrogen-bond donors (Lipinski definition) is 1. The van der Waals surface area contributed by atoms with Gasteiger partial charge in [0.05, 0.1) is 28.2 Å². The Labute approximate surface area is 229 Å². The maximum absolute atomic E-state index is 12.9. The molecule has 38 heavy (non-hydrogen) atoms. The number of amidine groups is 1. The van der Waals surface area contributed by atoms with Crippen LogP contribution in [0, 0.1) is 10.1 Å². The number of hydrogen-bond acceptors (Lipinski definition) is 8. The fraction of sp³-hybridized carbons (Fsp3) is 0.115. The van der Waals surface area contributed by atoms with Crippen LogP contribution in [0.3, 0.4) is 0 Å². The minimum absolute atomic E-state index is 0.000680. The number of aromatic carboxylic acids is 1. The fourth-order valence-corrected chi connectivity index (χ4v) is 4.81. The quantitative estimate of drug-likeness (QED) is 0.193. The van der Waals surface area contributed by atoms with Crippen molar-refractivity contribution in [3.8, 4) is 11.5 Å². The summed E-state index contributed by atoms with van der Waals surface area (Å²) < 4.78 is 12.0. The number of halogens is 1. The van der Waals surface area contributed by atoms with Gasteiger partial charge in [0.25, 0.3) is 11.6 Å². The number of thioether (sulfide) groups is 1. The fourth-order valence-electron chi connectivity index (χ4n) is 3.39. The second kappa shape index (κ2) is 11.5. The Hall–Kier alpha value is -4.16. The number of carboxylic acid groups (broad SMARTS) is 1. The lowest BCUT2D eigenvalue weighted by atomic mass is 10.1. The van der Waals surface area contributed by atoms with Gasteiger partial charge in [-0.1, -0.05) is 15.9 Å². The molecule has 4 rings (SSSR count). The molecule has 1 N–H and O–H groups in total. The van der Waals surface area contributed by atoms with Gasteiger partial charge in [0.2, 0.25) is 0 Å². The summed E-state index contributed by atoms with van der Waals surface area (Å²) in [5, 5.41) is 20.3. The number of ether oxygens (including phenoxy) is 2. The molecule has 3 aromatic rings. The van der Waals surface area contributed by atoms with Crippen LogP contribution in [0.25, 0.3) is 6.08 Å². The van der Waals surface area contributed by atoms with Gasteiger partial charge in [-0.25, -0.2) is 9.79 Å². The van der Waals surface area contributed by atoms with E-state index in [0.29, 0.717) is 37.3 Å². The molecule has 194 valence electrons. The highest BCUT2D eigenvalue weighted by atomic mass is 79.9. The molecule has 1 saturated heterocycles. The summed E-state index contributed by atoms with van der Waals surface area (Å²) in [5.41, 5.74) is 2.11. The number of carbonyl (C=O) groups is 2. The van der Waals surface area contributed by atoms with Gasteiger partial charge in [0, 0.05) is 23.7 Å². The van der Waals surface area contributed by atoms with Crippen molar-refractivity contribution in [1.82, 2.24) is 4.90 Å². The number of carbonyl (C=O) groups excluding carboxylic acids is 1. The molecule has 1 amide bonds. The standard InChI is InChI=1S/C26H20BrN3O7S/c1-29-24(31)23(38-26(29)28-18-7-5-16(6-8-18)25(32)33)12-17-11-21(36-2)22(13-20(17)27)37-14-15-3-9-19(10-4-15)30(34)35/h3-13H,14H2,1-2H3,(H,32,33)/b23-12-,28-26?. The largest absolute Gasteiger partial charge is 0.493 e. The minimum Gasteiger partial charge on any atom is -0.493 e. The Kier molecular flexibility index (Phi) is 8.13. The van der Waals surface area contributed by atoms with Gasteiger partial charge in [0.15, 0.2) is 16.7 Å². The van der Waals surface area contributed by atoms with Crippen LogP contribution in [0.2, 0.25) is 0 Å². The first kappa shape index (κ1) is 26.9. The zero-order chi connectivity index (χ0) is 27.4. The van der Waals surface area contributed by atoms with Crippen LogP contribution in [0.15, 0.2) is 75.0 Å². The van der Waals surface area contributed by atoms with E-state index in [0.717, 1.165) is 5.56 Å². The first-order chi connectivity index (χ1) is 18.2. The van der Waals surface area contributed by atoms with Gasteiger partial charge in [-0.2, -0.15) is 0 Å². The first-order valence-electron chi connectivity index (χ1n) is 11.0. The first-order valence-corrected chi connectivity index (χ1v) is 12.6. The van der Waals surface area contributed by atoms with E-state index in [9.17, 15) is 19.7 Å². The third kappa shape index (κ3) is 6.03. The summed E-state index contributed by atoms with van der Waals surface area (Å²) in [5.74, 6) is -0.367. The summed E-state index contributed by atoms with van der Waals surface area (Å²) in [6.45, 7) is 0.174. The Balaban J connectivity index is 1.53. The maximum Gasteiger partial charge on any atom is 0.335 e. The molecule has 0 bridgehead atoms. The van der Waals surface area contributed by atoms with Crippen LogP contribution < -0.4 is 9.47 Å². The smallest absolute Gasteiger partial charge is 0.335 e. The number of carboxylic acids is 1. The summed E-state index contributed by atoms with van der Waals surface area (Å²) in [6, 6.07) is 15.6. The second-order valence-corrected chi connectivity index (χ2v) is 9.82. The van der Waals surface area contributed by atoms with E-state index in [1.54, 1.807) is 49.5 Å². The molecule has 1 heterocycles. The molecule has 0 unspecified atom stereocenters. The van der Waals surface area contributed by atoms with E-state index in [2.05, 4.69) is 20.9 Å². The molecule has 0 saturated carbocycles. The van der Waals surface area contributed by atoms with Crippen LogP contribution >= 0.6 is 27.7 Å². The molecule has 3 aromatic carbocycles. The predicted octanol–water partition coefficient (Wildman–Crippen LogP) is 5.88. The molecule has 0 atom stereocenters. The molecule has 0 spiro atoms. The number of benzene rings is 3. The molecule has 10 nitrogen and oxygen atoms in total. The van der Waals surface area contributed by atoms with Crippen LogP contribution in [0.5, 0.6) is 11.5 Å². The third-order valence-corrected chi connectivity index (χ3v) is 7.20. The molecule has 1 aliphatic rings. The highest BCUT2D eigenvalue weighted by Crippen LogP contribution is 2.38. The van der Waals surface area contributed by atoms with Crippen molar-refractivity contribution in [2.45, 2.75) is 6.61 Å². The lowest BCUT2D eigenvalue weighted by Crippen LogP contribution is -2.23. The van der Waals surface area contributed by atoms with Crippen LogP contribution in [-0.4, -0.2) is 46.1 Å². The number of nitro groups is 1. The minimum atomic E-state index is -1.03. The predicted molar refractivity (Wildman–Crippen MR) is 147 cm³/mol. The Morgan fingerprint density at radius 1 is 1.16 bits per heavy atom. The van der Waals surface area contributed by atoms with Gasteiger partial charge in [0.1, 0.15) is 6.61 Å². The summed E-state index contributed by atoms with van der Waals surface area (Å²) >= 11 is 4.72. The van der Waals surface area contributed by atoms with E-state index in [-0.39, 0.29) is 23.8 Å². The number of nitro benzene ring substituents is 1. The average molecular weight is 598 g/mol. The summed E-state index contributed by atoms with van der Waals surface area (Å²) in [6.07, 6.45) is 1.71. The molecule has 12 heteroatoms. The van der Waals surface area contributed by atoms with Crippen molar-refractivity contribution in [3.05, 3.63) is 96.8 Å². The molecular weight excluding hydrogens is 578 g/mol. The monoisotopic (exact) mass is 597 g/mol. The van der Waals surface area contributed by atoms with Crippen molar-refractivity contribution in [1.29, 1.82) is 0 Å². The summed E-state index contributed by atoms with van der Waals surface area (Å²) in [7, 11) is 3.12. The normalized spacial score (nSPS) is 15.2. The second-order valence-electron chi connectivity index (χ2n) is 7.96. The lowest BCUT2D eigenvalue weighted by molar-refractivity contribution is -0.384. The zero-order valence-corrected chi connectivity index (χ0v) is 22.5. The van der Waals surface area contributed by atoms with E-state index < -0.39 is 10.9 Å². The van der Waals surface area contributed by atoms with Crippen LogP contribution in [0.4, 0.5) is 11.4 Å². The van der Waals surface area contributed by atoms with Crippen LogP contribution in [-0.2, 0) is 11.4 Å². The number of rotatable bonds is 8. The Bertz CT molecular complexity index is 1470. The van der Waals surface area contributed by atoms with Crippen molar-refractivity contribution >= 4 is 62.2 Å². The molecule has 0 aromatic heterocycles. The Morgan fingerprint density at radius 3 is 2.45 bits per heavy atom. The molecule has 0 radical (unpaired) electrons. The zero-order valence-electron chi connectivity index (χ0n) is 20.1. The number of likely N-dealkylation sites (N-methyl/N-ethyl adjacent to an activating group) is 1. The topological polar surface area (TPSA) is 132 Å². The van der Waals surface area contributed by atoms with E-state index in [1.807, 2.05) is 0 Å². The van der Waals surface area contributed by atoms with Crippen LogP contribution in [0.1, 0.15) is 21.5 Å². The molecular formula is C26H20BrN3O7S. The third-order valence-electron chi connectivity index (χ3n) is 5.45. The van der Waals surface area contributed by atoms with E-state index in [4.69, 9.17) is 14.6 Å². The number of nitrogens with zero attached hydrogens (tertiary/aromatic N) is 3. The highest BCUT2D eigenvalue weighted by molar-refractivity contribution is 9.10. The molecule has 1 fully saturated rings. The van der Waals surface area contributed by atoms with Gasteiger partial charge in [-0.3, -0.25) is 19.8 Å². The summed E-state index contributed by atoms with van der Waals surface area (Å²) in [4.78, 5) is 40.6. The van der Waals surface area contributed by atoms with Gasteiger partial charge >= 0.3 is 5.97 Å². The van der Waals surface area contributed by atoms with Gasteiger partial charge < -0.3 is 14.6 Å². The van der Waals surface area contributed by atoms with Gasteiger partial charge in [-0.15, -0.1) is 0 Å². The lowest BCUT2D eigenvalue weighted by Gasteiger charge is -2.13. The van der Waals surface area contributed by atoms with Crippen molar-refractivity contribution in [3.63, 3.8) is 0 Å². The average Bonchev–Trinajstić information content (AvgIpc) is 3.16. The number of methoxy groups -OCH3 is 1. The number of non-ortho nitro benzene ring substituents is 1. The van der Waals surface area contributed by atoms with E-state index in [1.165, 1.54) is 48.0 Å². The number of amides is 1. The number of aliphatic imine (C=N–C) groups is 1. The van der Waals surface area contributed by atoms with E-state index >= 15 is 0 Å². The molecule has 1 aliphatic heterocycles. The molecule has 0 aliphatic carbocycles. The maximum atomic E-state index is 12.9. The van der Waals surface area contributed by atoms with Crippen molar-refractivity contribution in [2.75, 3.05) is 14.2 Å². The highest BCUT2D eigenvalue weighted by Gasteiger charge is 2.30.